The van der Waals surface area contributed by atoms with Gasteiger partial charge in [-0.15, -0.1) is 0 Å². The standard InChI is InChI=1S/C14H12ClF2NO3S/c15-11-3-1-2-4-14(11)22(19,20)18-7-8-21-10-5-6-12(16)13(17)9-10/h1-6,9,18H,7-8H2. The molecule has 0 amide bonds. The summed E-state index contributed by atoms with van der Waals surface area (Å²) in [5.41, 5.74) is 0. The highest BCUT2D eigenvalue weighted by molar-refractivity contribution is 7.89. The second-order valence-corrected chi connectivity index (χ2v) is 6.40. The van der Waals surface area contributed by atoms with E-state index in [1.165, 1.54) is 18.2 Å². The van der Waals surface area contributed by atoms with Gasteiger partial charge in [-0.05, 0) is 24.3 Å². The number of nitrogens with one attached hydrogen (secondary N) is 1. The highest BCUT2D eigenvalue weighted by Crippen LogP contribution is 2.20. The molecule has 0 bridgehead atoms. The Morgan fingerprint density at radius 1 is 1.09 bits per heavy atom. The quantitative estimate of drug-likeness (QED) is 0.817. The summed E-state index contributed by atoms with van der Waals surface area (Å²) in [5.74, 6) is -1.91. The van der Waals surface area contributed by atoms with Crippen molar-refractivity contribution in [1.82, 2.24) is 4.72 Å². The van der Waals surface area contributed by atoms with Crippen LogP contribution in [-0.4, -0.2) is 21.6 Å². The molecule has 0 fully saturated rings. The molecule has 0 radical (unpaired) electrons. The van der Waals surface area contributed by atoms with E-state index in [1.807, 2.05) is 0 Å². The predicted molar refractivity (Wildman–Crippen MR) is 78.5 cm³/mol. The van der Waals surface area contributed by atoms with E-state index in [9.17, 15) is 17.2 Å². The van der Waals surface area contributed by atoms with Crippen molar-refractivity contribution in [3.05, 3.63) is 59.1 Å². The maximum absolute atomic E-state index is 13.0. The molecule has 4 nitrogen and oxygen atoms in total. The molecule has 2 rings (SSSR count). The summed E-state index contributed by atoms with van der Waals surface area (Å²) in [6.07, 6.45) is 0. The van der Waals surface area contributed by atoms with Gasteiger partial charge in [-0.3, -0.25) is 0 Å². The third-order valence-corrected chi connectivity index (χ3v) is 4.64. The fourth-order valence-electron chi connectivity index (χ4n) is 1.65. The van der Waals surface area contributed by atoms with Crippen LogP contribution in [0.25, 0.3) is 0 Å². The van der Waals surface area contributed by atoms with Gasteiger partial charge in [-0.25, -0.2) is 21.9 Å². The van der Waals surface area contributed by atoms with E-state index in [4.69, 9.17) is 16.3 Å². The van der Waals surface area contributed by atoms with Crippen LogP contribution >= 0.6 is 11.6 Å². The molecule has 0 unspecified atom stereocenters. The summed E-state index contributed by atoms with van der Waals surface area (Å²) < 4.78 is 57.1. The monoisotopic (exact) mass is 347 g/mol. The molecule has 2 aromatic carbocycles. The lowest BCUT2D eigenvalue weighted by atomic mass is 10.3. The Morgan fingerprint density at radius 2 is 1.82 bits per heavy atom. The number of halogens is 3. The van der Waals surface area contributed by atoms with Gasteiger partial charge in [0.25, 0.3) is 0 Å². The molecule has 0 aliphatic carbocycles. The first-order chi connectivity index (χ1) is 10.4. The smallest absolute Gasteiger partial charge is 0.242 e. The number of sulfonamides is 1. The van der Waals surface area contributed by atoms with Crippen molar-refractivity contribution in [3.63, 3.8) is 0 Å². The molecule has 1 N–H and O–H groups in total. The van der Waals surface area contributed by atoms with Crippen LogP contribution in [0.15, 0.2) is 47.4 Å². The zero-order valence-electron chi connectivity index (χ0n) is 11.2. The molecule has 0 atom stereocenters. The number of ether oxygens (including phenoxy) is 1. The molecule has 0 saturated carbocycles. The minimum absolute atomic E-state index is 0.0375. The number of hydrogen-bond acceptors (Lipinski definition) is 3. The third kappa shape index (κ3) is 4.16. The lowest BCUT2D eigenvalue weighted by Gasteiger charge is -2.09. The van der Waals surface area contributed by atoms with E-state index in [0.29, 0.717) is 0 Å². The largest absolute Gasteiger partial charge is 0.492 e. The molecular weight excluding hydrogens is 336 g/mol. The third-order valence-electron chi connectivity index (χ3n) is 2.68. The highest BCUT2D eigenvalue weighted by atomic mass is 35.5. The van der Waals surface area contributed by atoms with E-state index in [0.717, 1.165) is 12.1 Å². The van der Waals surface area contributed by atoms with Crippen LogP contribution in [0.3, 0.4) is 0 Å². The van der Waals surface area contributed by atoms with E-state index < -0.39 is 21.7 Å². The van der Waals surface area contributed by atoms with Crippen molar-refractivity contribution >= 4 is 21.6 Å². The lowest BCUT2D eigenvalue weighted by molar-refractivity contribution is 0.319. The number of rotatable bonds is 6. The van der Waals surface area contributed by atoms with Crippen molar-refractivity contribution in [1.29, 1.82) is 0 Å². The predicted octanol–water partition coefficient (Wildman–Crippen LogP) is 2.98. The van der Waals surface area contributed by atoms with Crippen LogP contribution in [0, 0.1) is 11.6 Å². The van der Waals surface area contributed by atoms with E-state index in [1.54, 1.807) is 12.1 Å². The summed E-state index contributed by atoms with van der Waals surface area (Å²) in [4.78, 5) is -0.0375. The molecule has 2 aromatic rings. The molecule has 0 saturated heterocycles. The maximum Gasteiger partial charge on any atom is 0.242 e. The first-order valence-corrected chi connectivity index (χ1v) is 8.08. The fraction of sp³-hybridized carbons (Fsp3) is 0.143. The van der Waals surface area contributed by atoms with Crippen LogP contribution in [0.1, 0.15) is 0 Å². The molecule has 0 aromatic heterocycles. The molecule has 0 aliphatic rings. The van der Waals surface area contributed by atoms with Gasteiger partial charge in [0.1, 0.15) is 17.3 Å². The topological polar surface area (TPSA) is 55.4 Å². The molecular formula is C14H12ClF2NO3S. The molecule has 8 heteroatoms. The SMILES string of the molecule is O=S(=O)(NCCOc1ccc(F)c(F)c1)c1ccccc1Cl. The van der Waals surface area contributed by atoms with Crippen LogP contribution < -0.4 is 9.46 Å². The zero-order chi connectivity index (χ0) is 16.2. The van der Waals surface area contributed by atoms with Crippen molar-refractivity contribution in [3.8, 4) is 5.75 Å². The van der Waals surface area contributed by atoms with Crippen LogP contribution in [-0.2, 0) is 10.0 Å². The first kappa shape index (κ1) is 16.7. The van der Waals surface area contributed by atoms with Gasteiger partial charge < -0.3 is 4.74 Å². The van der Waals surface area contributed by atoms with Crippen LogP contribution in [0.4, 0.5) is 8.78 Å². The summed E-state index contributed by atoms with van der Waals surface area (Å²) >= 11 is 5.82. The average molecular weight is 348 g/mol. The van der Waals surface area contributed by atoms with Gasteiger partial charge >= 0.3 is 0 Å². The minimum Gasteiger partial charge on any atom is -0.492 e. The van der Waals surface area contributed by atoms with Crippen molar-refractivity contribution in [2.24, 2.45) is 0 Å². The second kappa shape index (κ2) is 7.04. The minimum atomic E-state index is -3.76. The van der Waals surface area contributed by atoms with Crippen LogP contribution in [0.2, 0.25) is 5.02 Å². The van der Waals surface area contributed by atoms with E-state index >= 15 is 0 Å². The van der Waals surface area contributed by atoms with Gasteiger partial charge in [0.05, 0.1) is 5.02 Å². The Morgan fingerprint density at radius 3 is 2.50 bits per heavy atom. The summed E-state index contributed by atoms with van der Waals surface area (Å²) in [6.45, 7) is -0.0959. The van der Waals surface area contributed by atoms with E-state index in [2.05, 4.69) is 4.72 Å². The lowest BCUT2D eigenvalue weighted by Crippen LogP contribution is -2.28. The Hall–Kier alpha value is -1.70. The Balaban J connectivity index is 1.91. The Labute approximate surface area is 131 Å². The molecule has 0 heterocycles. The van der Waals surface area contributed by atoms with Crippen molar-refractivity contribution < 1.29 is 21.9 Å². The second-order valence-electron chi connectivity index (χ2n) is 4.25. The number of benzene rings is 2. The summed E-state index contributed by atoms with van der Waals surface area (Å²) in [5, 5.41) is 0.108. The van der Waals surface area contributed by atoms with Gasteiger partial charge in [-0.2, -0.15) is 0 Å². The maximum atomic E-state index is 13.0. The van der Waals surface area contributed by atoms with Crippen molar-refractivity contribution in [2.45, 2.75) is 4.90 Å². The molecule has 22 heavy (non-hydrogen) atoms. The average Bonchev–Trinajstić information content (AvgIpc) is 2.47. The van der Waals surface area contributed by atoms with Gasteiger partial charge in [0.2, 0.25) is 10.0 Å². The van der Waals surface area contributed by atoms with Gasteiger partial charge in [0, 0.05) is 12.6 Å². The van der Waals surface area contributed by atoms with Crippen molar-refractivity contribution in [2.75, 3.05) is 13.2 Å². The number of hydrogen-bond donors (Lipinski definition) is 1. The van der Waals surface area contributed by atoms with Gasteiger partial charge in [-0.1, -0.05) is 23.7 Å². The summed E-state index contributed by atoms with van der Waals surface area (Å²) in [6, 6.07) is 9.08. The fourth-order valence-corrected chi connectivity index (χ4v) is 3.18. The van der Waals surface area contributed by atoms with Crippen LogP contribution in [0.5, 0.6) is 5.75 Å². The Kier molecular flexibility index (Phi) is 5.33. The zero-order valence-corrected chi connectivity index (χ0v) is 12.8. The first-order valence-electron chi connectivity index (χ1n) is 6.22. The molecule has 0 spiro atoms. The highest BCUT2D eigenvalue weighted by Gasteiger charge is 2.16. The normalized spacial score (nSPS) is 11.4. The molecule has 0 aliphatic heterocycles. The Bertz CT molecular complexity index is 768. The summed E-state index contributed by atoms with van der Waals surface area (Å²) in [7, 11) is -3.76. The van der Waals surface area contributed by atoms with E-state index in [-0.39, 0.29) is 28.8 Å². The molecule has 118 valence electrons. The van der Waals surface area contributed by atoms with Gasteiger partial charge in [0.15, 0.2) is 11.6 Å².